The number of amides is 2. The third-order valence-corrected chi connectivity index (χ3v) is 6.39. The molecule has 2 amide bonds. The molecule has 0 radical (unpaired) electrons. The van der Waals surface area contributed by atoms with E-state index in [1.807, 2.05) is 99.6 Å². The first kappa shape index (κ1) is 25.5. The molecule has 0 heterocycles. The van der Waals surface area contributed by atoms with E-state index < -0.39 is 6.04 Å². The molecule has 3 aromatic rings. The number of benzene rings is 3. The van der Waals surface area contributed by atoms with E-state index in [0.29, 0.717) is 18.0 Å². The van der Waals surface area contributed by atoms with Crippen LogP contribution in [0, 0.1) is 6.92 Å². The molecular formula is C29H33ClN2O2. The Balaban J connectivity index is 1.97. The summed E-state index contributed by atoms with van der Waals surface area (Å²) in [5.74, 6) is -0.213. The second-order valence-corrected chi connectivity index (χ2v) is 9.21. The molecule has 0 bridgehead atoms. The Morgan fingerprint density at radius 1 is 0.912 bits per heavy atom. The number of nitrogens with zero attached hydrogens (tertiary/aromatic N) is 1. The molecule has 34 heavy (non-hydrogen) atoms. The lowest BCUT2D eigenvalue weighted by molar-refractivity contribution is -0.141. The van der Waals surface area contributed by atoms with E-state index in [1.165, 1.54) is 0 Å². The van der Waals surface area contributed by atoms with Crippen LogP contribution in [0.1, 0.15) is 42.5 Å². The fourth-order valence-electron chi connectivity index (χ4n) is 3.85. The lowest BCUT2D eigenvalue weighted by Gasteiger charge is -2.32. The molecule has 1 N–H and O–H groups in total. The van der Waals surface area contributed by atoms with Crippen LogP contribution in [-0.2, 0) is 29.0 Å². The number of hydrogen-bond donors (Lipinski definition) is 1. The molecule has 0 fully saturated rings. The Hall–Kier alpha value is -3.11. The summed E-state index contributed by atoms with van der Waals surface area (Å²) >= 11 is 6.08. The van der Waals surface area contributed by atoms with Gasteiger partial charge in [-0.05, 0) is 54.7 Å². The van der Waals surface area contributed by atoms with Gasteiger partial charge in [-0.15, -0.1) is 0 Å². The Morgan fingerprint density at radius 3 is 2.21 bits per heavy atom. The van der Waals surface area contributed by atoms with Crippen molar-refractivity contribution in [1.29, 1.82) is 0 Å². The van der Waals surface area contributed by atoms with Crippen molar-refractivity contribution in [2.24, 2.45) is 0 Å². The van der Waals surface area contributed by atoms with Gasteiger partial charge in [0, 0.05) is 24.0 Å². The lowest BCUT2D eigenvalue weighted by Crippen LogP contribution is -2.52. The summed E-state index contributed by atoms with van der Waals surface area (Å²) in [7, 11) is 0. The predicted octanol–water partition coefficient (Wildman–Crippen LogP) is 5.75. The number of rotatable bonds is 10. The van der Waals surface area contributed by atoms with Gasteiger partial charge in [-0.25, -0.2) is 0 Å². The molecule has 178 valence electrons. The molecule has 0 aromatic heterocycles. The SMILES string of the molecule is CC[C@H](C)NC(=O)[C@@H](Cc1ccccc1)N(Cc1ccc(Cl)cc1)C(=O)Cc1ccccc1C. The van der Waals surface area contributed by atoms with Gasteiger partial charge in [-0.3, -0.25) is 9.59 Å². The quantitative estimate of drug-likeness (QED) is 0.405. The normalized spacial score (nSPS) is 12.6. The summed E-state index contributed by atoms with van der Waals surface area (Å²) < 4.78 is 0. The van der Waals surface area contributed by atoms with Crippen molar-refractivity contribution in [3.63, 3.8) is 0 Å². The van der Waals surface area contributed by atoms with Crippen molar-refractivity contribution < 1.29 is 9.59 Å². The molecule has 0 aliphatic carbocycles. The Bertz CT molecular complexity index is 1080. The third kappa shape index (κ3) is 7.19. The van der Waals surface area contributed by atoms with E-state index in [1.54, 1.807) is 4.90 Å². The zero-order valence-corrected chi connectivity index (χ0v) is 20.9. The highest BCUT2D eigenvalue weighted by Crippen LogP contribution is 2.19. The number of carbonyl (C=O) groups is 2. The maximum atomic E-state index is 13.7. The summed E-state index contributed by atoms with van der Waals surface area (Å²) in [4.78, 5) is 29.0. The molecule has 2 atom stereocenters. The Morgan fingerprint density at radius 2 is 1.56 bits per heavy atom. The van der Waals surface area contributed by atoms with Gasteiger partial charge in [0.15, 0.2) is 0 Å². The molecule has 3 aromatic carbocycles. The van der Waals surface area contributed by atoms with Crippen LogP contribution >= 0.6 is 11.6 Å². The van der Waals surface area contributed by atoms with Gasteiger partial charge < -0.3 is 10.2 Å². The van der Waals surface area contributed by atoms with Crippen LogP contribution in [0.25, 0.3) is 0 Å². The maximum absolute atomic E-state index is 13.7. The van der Waals surface area contributed by atoms with Gasteiger partial charge in [-0.2, -0.15) is 0 Å². The van der Waals surface area contributed by atoms with Crippen molar-refractivity contribution in [3.05, 3.63) is 106 Å². The van der Waals surface area contributed by atoms with Crippen LogP contribution in [0.3, 0.4) is 0 Å². The summed E-state index contributed by atoms with van der Waals surface area (Å²) in [6.07, 6.45) is 1.50. The van der Waals surface area contributed by atoms with Crippen molar-refractivity contribution in [2.45, 2.75) is 58.7 Å². The largest absolute Gasteiger partial charge is 0.352 e. The fraction of sp³-hybridized carbons (Fsp3) is 0.310. The van der Waals surface area contributed by atoms with Crippen molar-refractivity contribution >= 4 is 23.4 Å². The maximum Gasteiger partial charge on any atom is 0.243 e. The van der Waals surface area contributed by atoms with E-state index in [2.05, 4.69) is 5.32 Å². The molecule has 0 unspecified atom stereocenters. The first-order valence-electron chi connectivity index (χ1n) is 11.8. The second-order valence-electron chi connectivity index (χ2n) is 8.77. The highest BCUT2D eigenvalue weighted by atomic mass is 35.5. The van der Waals surface area contributed by atoms with Gasteiger partial charge in [0.2, 0.25) is 11.8 Å². The number of aryl methyl sites for hydroxylation is 1. The standard InChI is InChI=1S/C29H33ClN2O2/c1-4-22(3)31-29(34)27(18-23-11-6-5-7-12-23)32(20-24-14-16-26(30)17-15-24)28(33)19-25-13-9-8-10-21(25)2/h5-17,22,27H,4,18-20H2,1-3H3,(H,31,34)/t22-,27+/m0/s1. The zero-order chi connectivity index (χ0) is 24.5. The van der Waals surface area contributed by atoms with E-state index in [0.717, 1.165) is 28.7 Å². The van der Waals surface area contributed by atoms with Crippen LogP contribution in [0.2, 0.25) is 5.02 Å². The van der Waals surface area contributed by atoms with E-state index in [4.69, 9.17) is 11.6 Å². The van der Waals surface area contributed by atoms with Crippen molar-refractivity contribution in [3.8, 4) is 0 Å². The second kappa shape index (κ2) is 12.4. The number of halogens is 1. The lowest BCUT2D eigenvalue weighted by atomic mass is 10.00. The fourth-order valence-corrected chi connectivity index (χ4v) is 3.98. The molecule has 4 nitrogen and oxygen atoms in total. The van der Waals surface area contributed by atoms with Gasteiger partial charge in [0.1, 0.15) is 6.04 Å². The minimum atomic E-state index is -0.636. The van der Waals surface area contributed by atoms with Crippen LogP contribution in [0.5, 0.6) is 0 Å². The van der Waals surface area contributed by atoms with E-state index in [9.17, 15) is 9.59 Å². The highest BCUT2D eigenvalue weighted by Gasteiger charge is 2.31. The molecule has 3 rings (SSSR count). The Labute approximate surface area is 207 Å². The van der Waals surface area contributed by atoms with E-state index in [-0.39, 0.29) is 24.3 Å². The molecule has 0 spiro atoms. The molecular weight excluding hydrogens is 444 g/mol. The number of nitrogens with one attached hydrogen (secondary N) is 1. The molecule has 0 saturated heterocycles. The molecule has 0 saturated carbocycles. The van der Waals surface area contributed by atoms with Crippen molar-refractivity contribution in [1.82, 2.24) is 10.2 Å². The average Bonchev–Trinajstić information content (AvgIpc) is 2.84. The van der Waals surface area contributed by atoms with E-state index >= 15 is 0 Å². The number of carbonyl (C=O) groups excluding carboxylic acids is 2. The zero-order valence-electron chi connectivity index (χ0n) is 20.1. The summed E-state index contributed by atoms with van der Waals surface area (Å²) in [5, 5.41) is 3.74. The summed E-state index contributed by atoms with van der Waals surface area (Å²) in [5.41, 5.74) is 3.97. The summed E-state index contributed by atoms with van der Waals surface area (Å²) in [6.45, 7) is 6.35. The molecule has 5 heteroatoms. The summed E-state index contributed by atoms with van der Waals surface area (Å²) in [6, 6.07) is 24.6. The first-order chi connectivity index (χ1) is 16.4. The Kier molecular flexibility index (Phi) is 9.29. The average molecular weight is 477 g/mol. The van der Waals surface area contributed by atoms with Crippen LogP contribution in [-0.4, -0.2) is 28.8 Å². The monoisotopic (exact) mass is 476 g/mol. The van der Waals surface area contributed by atoms with Gasteiger partial charge in [0.05, 0.1) is 6.42 Å². The van der Waals surface area contributed by atoms with Crippen molar-refractivity contribution in [2.75, 3.05) is 0 Å². The van der Waals surface area contributed by atoms with Crippen LogP contribution in [0.4, 0.5) is 0 Å². The van der Waals surface area contributed by atoms with Gasteiger partial charge in [0.25, 0.3) is 0 Å². The van der Waals surface area contributed by atoms with Gasteiger partial charge in [-0.1, -0.05) is 85.3 Å². The van der Waals surface area contributed by atoms with Gasteiger partial charge >= 0.3 is 0 Å². The third-order valence-electron chi connectivity index (χ3n) is 6.14. The first-order valence-corrected chi connectivity index (χ1v) is 12.2. The smallest absolute Gasteiger partial charge is 0.243 e. The topological polar surface area (TPSA) is 49.4 Å². The van der Waals surface area contributed by atoms with Crippen LogP contribution in [0.15, 0.2) is 78.9 Å². The molecule has 0 aliphatic heterocycles. The predicted molar refractivity (Wildman–Crippen MR) is 139 cm³/mol. The minimum absolute atomic E-state index is 0.0228. The highest BCUT2D eigenvalue weighted by molar-refractivity contribution is 6.30. The minimum Gasteiger partial charge on any atom is -0.352 e. The number of hydrogen-bond acceptors (Lipinski definition) is 2. The molecule has 0 aliphatic rings. The van der Waals surface area contributed by atoms with Crippen LogP contribution < -0.4 is 5.32 Å².